The van der Waals surface area contributed by atoms with Gasteiger partial charge in [-0.25, -0.2) is 0 Å². The number of anilines is 1. The first-order valence-corrected chi connectivity index (χ1v) is 6.83. The van der Waals surface area contributed by atoms with Crippen molar-refractivity contribution in [2.45, 2.75) is 6.54 Å². The summed E-state index contributed by atoms with van der Waals surface area (Å²) in [4.78, 5) is 0. The summed E-state index contributed by atoms with van der Waals surface area (Å²) in [5, 5.41) is 14.9. The molecule has 0 aromatic heterocycles. The van der Waals surface area contributed by atoms with E-state index in [9.17, 15) is 0 Å². The molecular formula is C14H14IN3O. The molecule has 0 bridgehead atoms. The molecule has 0 aliphatic rings. The Hall–Kier alpha value is -1.76. The van der Waals surface area contributed by atoms with E-state index in [1.807, 2.05) is 36.4 Å². The Morgan fingerprint density at radius 1 is 1.11 bits per heavy atom. The van der Waals surface area contributed by atoms with E-state index in [1.165, 1.54) is 3.57 Å². The summed E-state index contributed by atoms with van der Waals surface area (Å²) in [6.07, 6.45) is 0. The minimum absolute atomic E-state index is 0.122. The van der Waals surface area contributed by atoms with Gasteiger partial charge in [-0.05, 0) is 52.4 Å². The van der Waals surface area contributed by atoms with Gasteiger partial charge in [0.05, 0.1) is 0 Å². The summed E-state index contributed by atoms with van der Waals surface area (Å²) >= 11 is 2.28. The maximum atomic E-state index is 8.58. The van der Waals surface area contributed by atoms with Crippen LogP contribution < -0.4 is 11.1 Å². The van der Waals surface area contributed by atoms with Gasteiger partial charge >= 0.3 is 0 Å². The smallest absolute Gasteiger partial charge is 0.170 e. The third kappa shape index (κ3) is 3.85. The molecule has 0 fully saturated rings. The summed E-state index contributed by atoms with van der Waals surface area (Å²) < 4.78 is 1.21. The molecule has 0 unspecified atom stereocenters. The zero-order valence-corrected chi connectivity index (χ0v) is 12.3. The van der Waals surface area contributed by atoms with Crippen molar-refractivity contribution in [1.29, 1.82) is 0 Å². The highest BCUT2D eigenvalue weighted by Crippen LogP contribution is 2.13. The first kappa shape index (κ1) is 13.7. The van der Waals surface area contributed by atoms with Crippen molar-refractivity contribution in [2.75, 3.05) is 5.32 Å². The van der Waals surface area contributed by atoms with Crippen molar-refractivity contribution >= 4 is 34.1 Å². The lowest BCUT2D eigenvalue weighted by molar-refractivity contribution is 0.318. The summed E-state index contributed by atoms with van der Waals surface area (Å²) in [5.41, 5.74) is 8.43. The molecule has 0 aliphatic carbocycles. The molecule has 0 radical (unpaired) electrons. The number of oxime groups is 1. The fraction of sp³-hybridized carbons (Fsp3) is 0.0714. The van der Waals surface area contributed by atoms with Crippen LogP contribution in [0, 0.1) is 3.57 Å². The van der Waals surface area contributed by atoms with Crippen LogP contribution in [0.4, 0.5) is 5.69 Å². The molecule has 2 aromatic carbocycles. The third-order valence-electron chi connectivity index (χ3n) is 2.70. The molecule has 0 heterocycles. The van der Waals surface area contributed by atoms with Gasteiger partial charge in [-0.1, -0.05) is 29.4 Å². The van der Waals surface area contributed by atoms with Gasteiger partial charge in [-0.15, -0.1) is 0 Å². The number of halogens is 1. The highest BCUT2D eigenvalue weighted by Gasteiger charge is 1.99. The number of benzene rings is 2. The average molecular weight is 367 g/mol. The summed E-state index contributed by atoms with van der Waals surface area (Å²) in [6, 6.07) is 15.8. The van der Waals surface area contributed by atoms with Crippen LogP contribution in [0.2, 0.25) is 0 Å². The van der Waals surface area contributed by atoms with Gasteiger partial charge in [-0.2, -0.15) is 0 Å². The highest BCUT2D eigenvalue weighted by molar-refractivity contribution is 14.1. The van der Waals surface area contributed by atoms with Crippen LogP contribution >= 0.6 is 22.6 Å². The van der Waals surface area contributed by atoms with Crippen molar-refractivity contribution < 1.29 is 5.21 Å². The largest absolute Gasteiger partial charge is 0.409 e. The van der Waals surface area contributed by atoms with Crippen LogP contribution in [0.5, 0.6) is 0 Å². The highest BCUT2D eigenvalue weighted by atomic mass is 127. The monoisotopic (exact) mass is 367 g/mol. The number of hydrogen-bond acceptors (Lipinski definition) is 3. The minimum atomic E-state index is 0.122. The predicted octanol–water partition coefficient (Wildman–Crippen LogP) is 3.00. The molecule has 2 aromatic rings. The Labute approximate surface area is 125 Å². The maximum Gasteiger partial charge on any atom is 0.170 e. The number of nitrogens with two attached hydrogens (primary N) is 1. The Kier molecular flexibility index (Phi) is 4.62. The first-order chi connectivity index (χ1) is 9.19. The quantitative estimate of drug-likeness (QED) is 0.256. The molecule has 4 N–H and O–H groups in total. The van der Waals surface area contributed by atoms with Crippen LogP contribution in [0.15, 0.2) is 53.7 Å². The van der Waals surface area contributed by atoms with Gasteiger partial charge in [0.1, 0.15) is 0 Å². The Balaban J connectivity index is 1.98. The van der Waals surface area contributed by atoms with Crippen LogP contribution in [0.1, 0.15) is 11.1 Å². The Bertz CT molecular complexity index is 564. The molecule has 0 atom stereocenters. The Morgan fingerprint density at radius 2 is 1.74 bits per heavy atom. The van der Waals surface area contributed by atoms with E-state index in [2.05, 4.69) is 45.2 Å². The number of nitrogens with one attached hydrogen (secondary N) is 1. The van der Waals surface area contributed by atoms with Gasteiger partial charge in [0.25, 0.3) is 0 Å². The molecule has 0 amide bonds. The van der Waals surface area contributed by atoms with E-state index in [0.29, 0.717) is 5.56 Å². The predicted molar refractivity (Wildman–Crippen MR) is 85.4 cm³/mol. The third-order valence-corrected chi connectivity index (χ3v) is 3.42. The molecule has 0 aliphatic heterocycles. The molecule has 19 heavy (non-hydrogen) atoms. The number of hydrogen-bond donors (Lipinski definition) is 3. The van der Waals surface area contributed by atoms with Crippen LogP contribution in [-0.2, 0) is 6.54 Å². The summed E-state index contributed by atoms with van der Waals surface area (Å²) in [7, 11) is 0. The minimum Gasteiger partial charge on any atom is -0.409 e. The van der Waals surface area contributed by atoms with E-state index < -0.39 is 0 Å². The number of rotatable bonds is 4. The zero-order chi connectivity index (χ0) is 13.7. The molecule has 4 nitrogen and oxygen atoms in total. The molecule has 98 valence electrons. The summed E-state index contributed by atoms with van der Waals surface area (Å²) in [5.74, 6) is 0.122. The lowest BCUT2D eigenvalue weighted by atomic mass is 10.1. The lowest BCUT2D eigenvalue weighted by Gasteiger charge is -2.07. The molecule has 0 saturated carbocycles. The molecule has 0 spiro atoms. The van der Waals surface area contributed by atoms with Gasteiger partial charge in [0.2, 0.25) is 0 Å². The molecule has 0 saturated heterocycles. The second-order valence-electron chi connectivity index (χ2n) is 4.04. The average Bonchev–Trinajstić information content (AvgIpc) is 2.46. The SMILES string of the molecule is NC(=NO)c1ccc(CNc2ccc(I)cc2)cc1. The zero-order valence-electron chi connectivity index (χ0n) is 10.2. The first-order valence-electron chi connectivity index (χ1n) is 5.75. The maximum absolute atomic E-state index is 8.58. The molecular weight excluding hydrogens is 353 g/mol. The van der Waals surface area contributed by atoms with Crippen LogP contribution in [0.25, 0.3) is 0 Å². The van der Waals surface area contributed by atoms with Crippen molar-refractivity contribution in [2.24, 2.45) is 10.9 Å². The van der Waals surface area contributed by atoms with Gasteiger partial charge in [-0.3, -0.25) is 0 Å². The van der Waals surface area contributed by atoms with Gasteiger partial charge in [0.15, 0.2) is 5.84 Å². The second-order valence-corrected chi connectivity index (χ2v) is 5.29. The van der Waals surface area contributed by atoms with Crippen molar-refractivity contribution in [1.82, 2.24) is 0 Å². The van der Waals surface area contributed by atoms with E-state index in [4.69, 9.17) is 10.9 Å². The van der Waals surface area contributed by atoms with E-state index >= 15 is 0 Å². The van der Waals surface area contributed by atoms with Crippen molar-refractivity contribution in [3.05, 3.63) is 63.2 Å². The Morgan fingerprint density at radius 3 is 2.32 bits per heavy atom. The topological polar surface area (TPSA) is 70.6 Å². The van der Waals surface area contributed by atoms with Crippen molar-refractivity contribution in [3.8, 4) is 0 Å². The van der Waals surface area contributed by atoms with E-state index in [-0.39, 0.29) is 5.84 Å². The van der Waals surface area contributed by atoms with Gasteiger partial charge in [0, 0.05) is 21.4 Å². The molecule has 5 heteroatoms. The standard InChI is InChI=1S/C14H14IN3O/c15-12-5-7-13(8-6-12)17-9-10-1-3-11(4-2-10)14(16)18-19/h1-8,17,19H,9H2,(H2,16,18). The van der Waals surface area contributed by atoms with Gasteiger partial charge < -0.3 is 16.3 Å². The van der Waals surface area contributed by atoms with E-state index in [0.717, 1.165) is 17.8 Å². The summed E-state index contributed by atoms with van der Waals surface area (Å²) in [6.45, 7) is 0.733. The number of nitrogens with zero attached hydrogens (tertiary/aromatic N) is 1. The normalized spacial score (nSPS) is 11.3. The van der Waals surface area contributed by atoms with Crippen LogP contribution in [0.3, 0.4) is 0 Å². The number of amidine groups is 1. The fourth-order valence-corrected chi connectivity index (χ4v) is 1.98. The second kappa shape index (κ2) is 6.42. The van der Waals surface area contributed by atoms with Crippen LogP contribution in [-0.4, -0.2) is 11.0 Å². The van der Waals surface area contributed by atoms with Crippen molar-refractivity contribution in [3.63, 3.8) is 0 Å². The van der Waals surface area contributed by atoms with E-state index in [1.54, 1.807) is 0 Å². The lowest BCUT2D eigenvalue weighted by Crippen LogP contribution is -2.12. The fourth-order valence-electron chi connectivity index (χ4n) is 1.62. The molecule has 2 rings (SSSR count).